The van der Waals surface area contributed by atoms with Crippen LogP contribution in [0.1, 0.15) is 40.5 Å². The van der Waals surface area contributed by atoms with Crippen molar-refractivity contribution in [3.05, 3.63) is 63.6 Å². The number of carbonyl (C=O) groups is 1. The standard InChI is InChI=1S/C20H17FN4O3/c1-28-20(27)14-9-25(8-13-17(14)23-24-19(13)26)16-4-2-3-11-12-7-10(21)5-6-15(12)22-18(11)16/h5-9,16,22H,2-4H2,1H3,(H,24,26)/t16-/m1/s1. The maximum Gasteiger partial charge on any atom is 0.341 e. The van der Waals surface area contributed by atoms with Crippen molar-refractivity contribution in [3.8, 4) is 11.3 Å². The average Bonchev–Trinajstić information content (AvgIpc) is 3.27. The molecule has 7 nitrogen and oxygen atoms in total. The van der Waals surface area contributed by atoms with E-state index in [-0.39, 0.29) is 23.0 Å². The van der Waals surface area contributed by atoms with E-state index in [4.69, 9.17) is 4.74 Å². The summed E-state index contributed by atoms with van der Waals surface area (Å²) >= 11 is 0. The molecule has 1 aliphatic carbocycles. The van der Waals surface area contributed by atoms with Gasteiger partial charge in [0.2, 0.25) is 0 Å². The fourth-order valence-electron chi connectivity index (χ4n) is 4.20. The van der Waals surface area contributed by atoms with Crippen molar-refractivity contribution in [1.29, 1.82) is 0 Å². The van der Waals surface area contributed by atoms with Gasteiger partial charge in [0.25, 0.3) is 5.56 Å². The van der Waals surface area contributed by atoms with E-state index in [1.807, 2.05) is 4.57 Å². The number of fused-ring (bicyclic) bond motifs is 4. The first-order valence-corrected chi connectivity index (χ1v) is 9.05. The van der Waals surface area contributed by atoms with Gasteiger partial charge in [0.05, 0.1) is 18.7 Å². The molecule has 5 rings (SSSR count). The molecule has 1 aromatic carbocycles. The van der Waals surface area contributed by atoms with E-state index in [1.165, 1.54) is 13.2 Å². The minimum Gasteiger partial charge on any atom is -0.465 e. The van der Waals surface area contributed by atoms with E-state index >= 15 is 0 Å². The van der Waals surface area contributed by atoms with Crippen molar-refractivity contribution < 1.29 is 13.9 Å². The second-order valence-electron chi connectivity index (χ2n) is 7.04. The fraction of sp³-hybridized carbons (Fsp3) is 0.250. The van der Waals surface area contributed by atoms with Crippen LogP contribution in [0, 0.1) is 5.82 Å². The Hall–Kier alpha value is -3.42. The van der Waals surface area contributed by atoms with E-state index in [9.17, 15) is 14.0 Å². The van der Waals surface area contributed by atoms with Gasteiger partial charge in [-0.05, 0) is 43.0 Å². The number of H-pyrrole nitrogens is 2. The zero-order valence-corrected chi connectivity index (χ0v) is 15.1. The van der Waals surface area contributed by atoms with Crippen LogP contribution in [0.2, 0.25) is 0 Å². The highest BCUT2D eigenvalue weighted by atomic mass is 19.1. The van der Waals surface area contributed by atoms with Crippen molar-refractivity contribution in [2.75, 3.05) is 7.11 Å². The van der Waals surface area contributed by atoms with Crippen molar-refractivity contribution in [3.63, 3.8) is 0 Å². The molecule has 1 atom stereocenters. The molecule has 28 heavy (non-hydrogen) atoms. The van der Waals surface area contributed by atoms with Gasteiger partial charge in [0.1, 0.15) is 17.1 Å². The third-order valence-electron chi connectivity index (χ3n) is 5.48. The number of ether oxygens (including phenoxy) is 1. The van der Waals surface area contributed by atoms with E-state index in [1.54, 1.807) is 24.5 Å². The van der Waals surface area contributed by atoms with E-state index in [0.717, 1.165) is 41.4 Å². The number of benzene rings is 1. The number of aryl methyl sites for hydroxylation is 1. The summed E-state index contributed by atoms with van der Waals surface area (Å²) in [5.41, 5.74) is 3.42. The number of pyridine rings is 1. The summed E-state index contributed by atoms with van der Waals surface area (Å²) in [6.07, 6.45) is 5.96. The number of hydrogen-bond donors (Lipinski definition) is 2. The van der Waals surface area contributed by atoms with Crippen molar-refractivity contribution in [1.82, 2.24) is 19.7 Å². The summed E-state index contributed by atoms with van der Waals surface area (Å²) in [6.45, 7) is 0. The lowest BCUT2D eigenvalue weighted by molar-refractivity contribution is 0.0600. The normalized spacial score (nSPS) is 16.4. The molecule has 0 saturated heterocycles. The Morgan fingerprint density at radius 2 is 2.21 bits per heavy atom. The molecule has 142 valence electrons. The number of nitrogens with zero attached hydrogens (tertiary/aromatic N) is 2. The van der Waals surface area contributed by atoms with Crippen LogP contribution in [-0.4, -0.2) is 32.8 Å². The smallest absolute Gasteiger partial charge is 0.341 e. The highest BCUT2D eigenvalue weighted by molar-refractivity contribution is 5.96. The molecule has 3 aliphatic rings. The van der Waals surface area contributed by atoms with Crippen LogP contribution in [-0.2, 0) is 11.2 Å². The largest absolute Gasteiger partial charge is 0.465 e. The Balaban J connectivity index is 1.73. The molecule has 2 aromatic rings. The summed E-state index contributed by atoms with van der Waals surface area (Å²) < 4.78 is 20.5. The van der Waals surface area contributed by atoms with Crippen LogP contribution < -0.4 is 5.56 Å². The van der Waals surface area contributed by atoms with Crippen molar-refractivity contribution in [2.24, 2.45) is 0 Å². The summed E-state index contributed by atoms with van der Waals surface area (Å²) in [5.74, 6) is -0.825. The number of aromatic nitrogens is 4. The van der Waals surface area contributed by atoms with Gasteiger partial charge in [-0.1, -0.05) is 0 Å². The van der Waals surface area contributed by atoms with Gasteiger partial charge in [-0.3, -0.25) is 4.79 Å². The number of methoxy groups -OCH3 is 1. The highest BCUT2D eigenvalue weighted by Crippen LogP contribution is 2.38. The third kappa shape index (κ3) is 2.37. The maximum atomic E-state index is 13.8. The number of carbonyl (C=O) groups excluding carboxylic acids is 1. The molecular weight excluding hydrogens is 363 g/mol. The Morgan fingerprint density at radius 1 is 1.36 bits per heavy atom. The van der Waals surface area contributed by atoms with Crippen LogP contribution in [0.15, 0.2) is 35.4 Å². The maximum absolute atomic E-state index is 13.8. The molecule has 0 amide bonds. The van der Waals surface area contributed by atoms with Crippen molar-refractivity contribution in [2.45, 2.75) is 25.3 Å². The Bertz CT molecular complexity index is 1250. The molecule has 3 heterocycles. The molecule has 0 radical (unpaired) electrons. The number of halogens is 1. The molecule has 2 aliphatic heterocycles. The molecule has 0 saturated carbocycles. The van der Waals surface area contributed by atoms with Crippen LogP contribution in [0.4, 0.5) is 4.39 Å². The van der Waals surface area contributed by atoms with E-state index in [2.05, 4.69) is 15.2 Å². The van der Waals surface area contributed by atoms with Crippen molar-refractivity contribution >= 4 is 16.9 Å². The van der Waals surface area contributed by atoms with Crippen LogP contribution in [0.5, 0.6) is 0 Å². The number of esters is 1. The predicted octanol–water partition coefficient (Wildman–Crippen LogP) is 3.01. The predicted molar refractivity (Wildman–Crippen MR) is 100 cm³/mol. The third-order valence-corrected chi connectivity index (χ3v) is 5.48. The Labute approximate surface area is 158 Å². The second kappa shape index (κ2) is 6.05. The van der Waals surface area contributed by atoms with E-state index in [0.29, 0.717) is 11.3 Å². The SMILES string of the molecule is COC(=O)c1cn([C@@H]2CCCc3c2[nH]c2ccc(F)cc32)cc2c(=O)[nH]nc1-2. The van der Waals surface area contributed by atoms with Gasteiger partial charge in [-0.15, -0.1) is 0 Å². The van der Waals surface area contributed by atoms with Gasteiger partial charge in [-0.25, -0.2) is 14.3 Å². The van der Waals surface area contributed by atoms with Gasteiger partial charge < -0.3 is 14.3 Å². The topological polar surface area (TPSA) is 92.8 Å². The zero-order chi connectivity index (χ0) is 19.4. The van der Waals surface area contributed by atoms with Crippen LogP contribution in [0.3, 0.4) is 0 Å². The lowest BCUT2D eigenvalue weighted by atomic mass is 9.91. The fourth-order valence-corrected chi connectivity index (χ4v) is 4.20. The quantitative estimate of drug-likeness (QED) is 0.523. The molecular formula is C20H17FN4O3. The number of hydrogen-bond acceptors (Lipinski definition) is 4. The highest BCUT2D eigenvalue weighted by Gasteiger charge is 2.29. The summed E-state index contributed by atoms with van der Waals surface area (Å²) in [6, 6.07) is 4.61. The molecule has 0 unspecified atom stereocenters. The first-order valence-electron chi connectivity index (χ1n) is 9.05. The summed E-state index contributed by atoms with van der Waals surface area (Å²) in [5, 5.41) is 7.24. The molecule has 0 spiro atoms. The monoisotopic (exact) mass is 380 g/mol. The molecule has 0 bridgehead atoms. The Morgan fingerprint density at radius 3 is 3.04 bits per heavy atom. The molecule has 8 heteroatoms. The van der Waals surface area contributed by atoms with Gasteiger partial charge in [0, 0.05) is 29.0 Å². The number of aromatic amines is 2. The molecule has 0 fully saturated rings. The minimum absolute atomic E-state index is 0.110. The second-order valence-corrected chi connectivity index (χ2v) is 7.04. The van der Waals surface area contributed by atoms with Crippen LogP contribution >= 0.6 is 0 Å². The summed E-state index contributed by atoms with van der Waals surface area (Å²) in [4.78, 5) is 27.8. The van der Waals surface area contributed by atoms with Crippen LogP contribution in [0.25, 0.3) is 22.2 Å². The van der Waals surface area contributed by atoms with Gasteiger partial charge >= 0.3 is 5.97 Å². The van der Waals surface area contributed by atoms with E-state index < -0.39 is 5.97 Å². The molecule has 2 N–H and O–H groups in total. The number of nitrogens with one attached hydrogen (secondary N) is 2. The lowest BCUT2D eigenvalue weighted by Crippen LogP contribution is -2.20. The first kappa shape index (κ1) is 16.7. The van der Waals surface area contributed by atoms with Gasteiger partial charge in [0.15, 0.2) is 0 Å². The molecule has 1 aromatic heterocycles. The van der Waals surface area contributed by atoms with Gasteiger partial charge in [-0.2, -0.15) is 5.10 Å². The summed E-state index contributed by atoms with van der Waals surface area (Å²) in [7, 11) is 1.29. The lowest BCUT2D eigenvalue weighted by Gasteiger charge is -2.26. The minimum atomic E-state index is -0.555. The number of rotatable bonds is 2. The first-order chi connectivity index (χ1) is 13.6. The Kier molecular flexibility index (Phi) is 3.61. The zero-order valence-electron chi connectivity index (χ0n) is 15.1. The average molecular weight is 380 g/mol.